The van der Waals surface area contributed by atoms with Crippen LogP contribution in [0.25, 0.3) is 11.5 Å². The van der Waals surface area contributed by atoms with Crippen molar-refractivity contribution in [3.63, 3.8) is 0 Å². The first-order valence-corrected chi connectivity index (χ1v) is 9.42. The Bertz CT molecular complexity index is 982. The van der Waals surface area contributed by atoms with E-state index in [4.69, 9.17) is 4.52 Å². The van der Waals surface area contributed by atoms with Gasteiger partial charge in [-0.1, -0.05) is 23.4 Å². The van der Waals surface area contributed by atoms with Gasteiger partial charge in [0.25, 0.3) is 11.8 Å². The van der Waals surface area contributed by atoms with Gasteiger partial charge in [-0.3, -0.25) is 14.7 Å². The summed E-state index contributed by atoms with van der Waals surface area (Å²) in [6.07, 6.45) is 4.24. The van der Waals surface area contributed by atoms with Gasteiger partial charge in [-0.15, -0.1) is 0 Å². The van der Waals surface area contributed by atoms with Crippen LogP contribution in [0.15, 0.2) is 59.4 Å². The van der Waals surface area contributed by atoms with Gasteiger partial charge in [-0.25, -0.2) is 0 Å². The third-order valence-electron chi connectivity index (χ3n) is 5.77. The molecule has 1 spiro atoms. The van der Waals surface area contributed by atoms with Crippen molar-refractivity contribution >= 4 is 5.91 Å². The number of carbonyl (C=O) groups is 1. The van der Waals surface area contributed by atoms with E-state index in [1.807, 2.05) is 35.2 Å². The summed E-state index contributed by atoms with van der Waals surface area (Å²) in [7, 11) is 2.09. The molecule has 0 radical (unpaired) electrons. The summed E-state index contributed by atoms with van der Waals surface area (Å²) in [4.78, 5) is 25.4. The van der Waals surface area contributed by atoms with Crippen molar-refractivity contribution in [2.24, 2.45) is 5.41 Å². The summed E-state index contributed by atoms with van der Waals surface area (Å²) < 4.78 is 5.49. The summed E-state index contributed by atoms with van der Waals surface area (Å²) in [6.45, 7) is 2.45. The topological polar surface area (TPSA) is 75.4 Å². The van der Waals surface area contributed by atoms with E-state index in [-0.39, 0.29) is 17.4 Å². The molecule has 0 aliphatic carbocycles. The zero-order valence-electron chi connectivity index (χ0n) is 15.7. The Morgan fingerprint density at radius 1 is 1.11 bits per heavy atom. The van der Waals surface area contributed by atoms with Crippen molar-refractivity contribution in [3.05, 3.63) is 66.2 Å². The molecular formula is C21H21N5O2. The van der Waals surface area contributed by atoms with E-state index in [9.17, 15) is 4.79 Å². The van der Waals surface area contributed by atoms with Gasteiger partial charge in [0.1, 0.15) is 0 Å². The highest BCUT2D eigenvalue weighted by molar-refractivity contribution is 5.94. The molecule has 3 aromatic rings. The molecule has 1 atom stereocenters. The minimum Gasteiger partial charge on any atom is -0.337 e. The fourth-order valence-electron chi connectivity index (χ4n) is 4.44. The molecule has 0 bridgehead atoms. The number of amides is 1. The van der Waals surface area contributed by atoms with Crippen molar-refractivity contribution in [1.29, 1.82) is 0 Å². The molecule has 142 valence electrons. The van der Waals surface area contributed by atoms with Crippen molar-refractivity contribution in [3.8, 4) is 11.5 Å². The van der Waals surface area contributed by atoms with E-state index in [0.29, 0.717) is 11.5 Å². The van der Waals surface area contributed by atoms with Crippen LogP contribution in [0.1, 0.15) is 28.6 Å². The van der Waals surface area contributed by atoms with Gasteiger partial charge >= 0.3 is 0 Å². The third-order valence-corrected chi connectivity index (χ3v) is 5.77. The molecule has 5 rings (SSSR count). The van der Waals surface area contributed by atoms with Crippen LogP contribution >= 0.6 is 0 Å². The van der Waals surface area contributed by atoms with Crippen LogP contribution in [-0.2, 0) is 0 Å². The maximum Gasteiger partial charge on any atom is 0.257 e. The predicted octanol–water partition coefficient (Wildman–Crippen LogP) is 2.65. The maximum absolute atomic E-state index is 12.6. The number of rotatable bonds is 3. The second-order valence-electron chi connectivity index (χ2n) is 7.86. The number of carbonyl (C=O) groups excluding carboxylic acids is 1. The Balaban J connectivity index is 1.28. The zero-order valence-corrected chi connectivity index (χ0v) is 15.7. The molecule has 2 aliphatic rings. The van der Waals surface area contributed by atoms with Crippen molar-refractivity contribution in [2.75, 3.05) is 26.7 Å². The highest BCUT2D eigenvalue weighted by atomic mass is 16.5. The summed E-state index contributed by atoms with van der Waals surface area (Å²) >= 11 is 0. The second-order valence-corrected chi connectivity index (χ2v) is 7.86. The molecule has 7 heteroatoms. The maximum atomic E-state index is 12.6. The fraction of sp³-hybridized carbons (Fsp3) is 0.333. The van der Waals surface area contributed by atoms with Crippen LogP contribution in [0, 0.1) is 5.41 Å². The molecule has 2 aromatic heterocycles. The van der Waals surface area contributed by atoms with Crippen LogP contribution in [0.2, 0.25) is 0 Å². The molecule has 1 amide bonds. The van der Waals surface area contributed by atoms with E-state index in [1.165, 1.54) is 0 Å². The summed E-state index contributed by atoms with van der Waals surface area (Å²) in [6, 6.07) is 13.4. The Hall–Kier alpha value is -3.06. The molecule has 1 aromatic carbocycles. The number of hydrogen-bond donors (Lipinski definition) is 0. The van der Waals surface area contributed by atoms with Crippen molar-refractivity contribution < 1.29 is 9.32 Å². The fourth-order valence-corrected chi connectivity index (χ4v) is 4.44. The number of aromatic nitrogens is 3. The standard InChI is InChI=1S/C21H21N5O2/c1-25-12-21(13-26(14-21)20(27)16-7-9-22-10-8-16)11-17(25)18-23-19(28-24-18)15-5-3-2-4-6-15/h2-10,17H,11-14H2,1H3. The molecule has 2 saturated heterocycles. The van der Waals surface area contributed by atoms with Gasteiger partial charge in [0.05, 0.1) is 6.04 Å². The summed E-state index contributed by atoms with van der Waals surface area (Å²) in [5.41, 5.74) is 1.73. The number of likely N-dealkylation sites (tertiary alicyclic amines) is 2. The third kappa shape index (κ3) is 2.88. The minimum atomic E-state index is 0.0741. The first-order chi connectivity index (χ1) is 13.6. The van der Waals surface area contributed by atoms with E-state index in [0.717, 1.165) is 37.4 Å². The Morgan fingerprint density at radius 3 is 2.61 bits per heavy atom. The largest absolute Gasteiger partial charge is 0.337 e. The summed E-state index contributed by atoms with van der Waals surface area (Å²) in [5.74, 6) is 1.34. The van der Waals surface area contributed by atoms with Gasteiger partial charge in [-0.2, -0.15) is 4.98 Å². The van der Waals surface area contributed by atoms with Gasteiger partial charge in [0, 0.05) is 48.6 Å². The first kappa shape index (κ1) is 17.1. The van der Waals surface area contributed by atoms with E-state index in [2.05, 4.69) is 27.1 Å². The lowest BCUT2D eigenvalue weighted by atomic mass is 9.77. The monoisotopic (exact) mass is 375 g/mol. The Kier molecular flexibility index (Phi) is 3.98. The second kappa shape index (κ2) is 6.53. The highest BCUT2D eigenvalue weighted by Gasteiger charge is 2.53. The molecule has 0 N–H and O–H groups in total. The summed E-state index contributed by atoms with van der Waals surface area (Å²) in [5, 5.41) is 4.24. The molecule has 1 unspecified atom stereocenters. The van der Waals surface area contributed by atoms with Crippen LogP contribution in [0.3, 0.4) is 0 Å². The molecule has 4 heterocycles. The van der Waals surface area contributed by atoms with E-state index < -0.39 is 0 Å². The van der Waals surface area contributed by atoms with Gasteiger partial charge < -0.3 is 9.42 Å². The van der Waals surface area contributed by atoms with Crippen LogP contribution in [0.5, 0.6) is 0 Å². The number of hydrogen-bond acceptors (Lipinski definition) is 6. The highest BCUT2D eigenvalue weighted by Crippen LogP contribution is 2.47. The average Bonchev–Trinajstić information content (AvgIpc) is 3.32. The number of benzene rings is 1. The van der Waals surface area contributed by atoms with Crippen LogP contribution < -0.4 is 0 Å². The molecule has 7 nitrogen and oxygen atoms in total. The minimum absolute atomic E-state index is 0.0741. The first-order valence-electron chi connectivity index (χ1n) is 9.42. The Labute approximate surface area is 163 Å². The van der Waals surface area contributed by atoms with Crippen molar-refractivity contribution in [2.45, 2.75) is 12.5 Å². The lowest BCUT2D eigenvalue weighted by Crippen LogP contribution is -2.59. The van der Waals surface area contributed by atoms with E-state index in [1.54, 1.807) is 24.5 Å². The Morgan fingerprint density at radius 2 is 1.86 bits per heavy atom. The van der Waals surface area contributed by atoms with Gasteiger partial charge in [0.15, 0.2) is 5.82 Å². The van der Waals surface area contributed by atoms with E-state index >= 15 is 0 Å². The lowest BCUT2D eigenvalue weighted by molar-refractivity contribution is 0.0115. The molecular weight excluding hydrogens is 354 g/mol. The zero-order chi connectivity index (χ0) is 19.1. The van der Waals surface area contributed by atoms with Crippen LogP contribution in [-0.4, -0.2) is 57.5 Å². The molecule has 0 saturated carbocycles. The van der Waals surface area contributed by atoms with Gasteiger partial charge in [0.2, 0.25) is 0 Å². The predicted molar refractivity (Wildman–Crippen MR) is 102 cm³/mol. The van der Waals surface area contributed by atoms with Crippen molar-refractivity contribution in [1.82, 2.24) is 24.9 Å². The average molecular weight is 375 g/mol. The SMILES string of the molecule is CN1CC2(CC1c1noc(-c3ccccc3)n1)CN(C(=O)c1ccncc1)C2. The van der Waals surface area contributed by atoms with Crippen LogP contribution in [0.4, 0.5) is 0 Å². The number of nitrogens with zero attached hydrogens (tertiary/aromatic N) is 5. The molecule has 2 aliphatic heterocycles. The molecule has 2 fully saturated rings. The lowest BCUT2D eigenvalue weighted by Gasteiger charge is -2.48. The normalized spacial score (nSPS) is 21.0. The van der Waals surface area contributed by atoms with Gasteiger partial charge in [-0.05, 0) is 37.7 Å². The number of pyridine rings is 1. The quantitative estimate of drug-likeness (QED) is 0.701. The molecule has 28 heavy (non-hydrogen) atoms. The smallest absolute Gasteiger partial charge is 0.257 e.